The molecule has 8 heteroatoms. The van der Waals surface area contributed by atoms with Crippen molar-refractivity contribution in [3.8, 4) is 0 Å². The minimum atomic E-state index is -0.783. The topological polar surface area (TPSA) is 85.1 Å². The van der Waals surface area contributed by atoms with Gasteiger partial charge in [-0.05, 0) is 30.3 Å². The van der Waals surface area contributed by atoms with Gasteiger partial charge < -0.3 is 5.32 Å². The van der Waals surface area contributed by atoms with E-state index in [0.29, 0.717) is 5.69 Å². The van der Waals surface area contributed by atoms with Crippen molar-refractivity contribution in [3.05, 3.63) is 63.2 Å². The molecule has 0 aliphatic rings. The summed E-state index contributed by atoms with van der Waals surface area (Å²) in [4.78, 5) is 25.6. The molecule has 2 aromatic rings. The molecule has 1 N–H and O–H groups in total. The number of anilines is 1. The first-order valence-corrected chi connectivity index (χ1v) is 5.72. The molecule has 0 saturated carbocycles. The number of halogens is 2. The van der Waals surface area contributed by atoms with E-state index in [2.05, 4.69) is 10.3 Å². The minimum Gasteiger partial charge on any atom is -0.322 e. The number of nitrogens with one attached hydrogen (secondary N) is 1. The molecule has 102 valence electrons. The zero-order chi connectivity index (χ0) is 14.7. The second-order valence-electron chi connectivity index (χ2n) is 3.72. The maximum atomic E-state index is 12.7. The van der Waals surface area contributed by atoms with E-state index in [0.717, 1.165) is 12.1 Å². The number of carbonyl (C=O) groups excluding carboxylic acids is 1. The lowest BCUT2D eigenvalue weighted by Crippen LogP contribution is -2.14. The van der Waals surface area contributed by atoms with E-state index in [1.807, 2.05) is 0 Å². The summed E-state index contributed by atoms with van der Waals surface area (Å²) in [7, 11) is 0. The fraction of sp³-hybridized carbons (Fsp3) is 0. The standard InChI is InChI=1S/C12H7ClFN3O3/c13-11-10(17(19)20)9(5-6-15-11)12(18)16-8-3-1-7(14)2-4-8/h1-6H,(H,16,18). The Kier molecular flexibility index (Phi) is 3.90. The highest BCUT2D eigenvalue weighted by Gasteiger charge is 2.24. The van der Waals surface area contributed by atoms with E-state index in [9.17, 15) is 19.3 Å². The summed E-state index contributed by atoms with van der Waals surface area (Å²) in [5.74, 6) is -1.19. The van der Waals surface area contributed by atoms with Crippen LogP contribution < -0.4 is 5.32 Å². The summed E-state index contributed by atoms with van der Waals surface area (Å²) < 4.78 is 12.7. The van der Waals surface area contributed by atoms with Crippen molar-refractivity contribution in [2.45, 2.75) is 0 Å². The number of benzene rings is 1. The number of pyridine rings is 1. The van der Waals surface area contributed by atoms with Crippen molar-refractivity contribution in [2.24, 2.45) is 0 Å². The summed E-state index contributed by atoms with van der Waals surface area (Å²) >= 11 is 5.61. The molecule has 0 aliphatic carbocycles. The number of aromatic nitrogens is 1. The molecule has 2 rings (SSSR count). The Morgan fingerprint density at radius 2 is 1.95 bits per heavy atom. The molecular formula is C12H7ClFN3O3. The fourth-order valence-electron chi connectivity index (χ4n) is 1.52. The first-order valence-electron chi connectivity index (χ1n) is 5.35. The molecule has 6 nitrogen and oxygen atoms in total. The largest absolute Gasteiger partial charge is 0.322 e. The van der Waals surface area contributed by atoms with Gasteiger partial charge in [-0.3, -0.25) is 14.9 Å². The van der Waals surface area contributed by atoms with Gasteiger partial charge in [0.15, 0.2) is 0 Å². The Hall–Kier alpha value is -2.54. The Labute approximate surface area is 117 Å². The first kappa shape index (κ1) is 13.9. The van der Waals surface area contributed by atoms with Crippen LogP contribution in [0, 0.1) is 15.9 Å². The molecule has 0 bridgehead atoms. The molecule has 0 aliphatic heterocycles. The van der Waals surface area contributed by atoms with Crippen molar-refractivity contribution < 1.29 is 14.1 Å². The Balaban J connectivity index is 2.32. The van der Waals surface area contributed by atoms with E-state index in [1.54, 1.807) is 0 Å². The predicted octanol–water partition coefficient (Wildman–Crippen LogP) is 3.03. The van der Waals surface area contributed by atoms with Crippen LogP contribution in [0.3, 0.4) is 0 Å². The van der Waals surface area contributed by atoms with E-state index in [4.69, 9.17) is 11.6 Å². The van der Waals surface area contributed by atoms with Crippen molar-refractivity contribution in [1.29, 1.82) is 0 Å². The first-order chi connectivity index (χ1) is 9.49. The molecule has 1 aromatic carbocycles. The van der Waals surface area contributed by atoms with Gasteiger partial charge in [-0.25, -0.2) is 9.37 Å². The van der Waals surface area contributed by atoms with Gasteiger partial charge in [-0.1, -0.05) is 11.6 Å². The SMILES string of the molecule is O=C(Nc1ccc(F)cc1)c1ccnc(Cl)c1[N+](=O)[O-]. The summed E-state index contributed by atoms with van der Waals surface area (Å²) in [6.07, 6.45) is 1.19. The highest BCUT2D eigenvalue weighted by Crippen LogP contribution is 2.26. The number of amides is 1. The van der Waals surface area contributed by atoms with Gasteiger partial charge in [-0.15, -0.1) is 0 Å². The third kappa shape index (κ3) is 2.89. The van der Waals surface area contributed by atoms with Crippen LogP contribution in [0.5, 0.6) is 0 Å². The number of carbonyl (C=O) groups is 1. The predicted molar refractivity (Wildman–Crippen MR) is 70.3 cm³/mol. The zero-order valence-corrected chi connectivity index (χ0v) is 10.6. The van der Waals surface area contributed by atoms with Crippen LogP contribution in [-0.4, -0.2) is 15.8 Å². The average Bonchev–Trinajstić information content (AvgIpc) is 2.40. The highest BCUT2D eigenvalue weighted by molar-refractivity contribution is 6.32. The lowest BCUT2D eigenvalue weighted by molar-refractivity contribution is -0.385. The fourth-order valence-corrected chi connectivity index (χ4v) is 1.74. The molecule has 0 radical (unpaired) electrons. The number of hydrogen-bond acceptors (Lipinski definition) is 4. The van der Waals surface area contributed by atoms with E-state index < -0.39 is 22.3 Å². The van der Waals surface area contributed by atoms with E-state index in [1.165, 1.54) is 24.4 Å². The van der Waals surface area contributed by atoms with E-state index in [-0.39, 0.29) is 10.7 Å². The van der Waals surface area contributed by atoms with Crippen LogP contribution in [0.25, 0.3) is 0 Å². The smallest absolute Gasteiger partial charge is 0.319 e. The maximum absolute atomic E-state index is 12.7. The van der Waals surface area contributed by atoms with Gasteiger partial charge in [0.1, 0.15) is 11.4 Å². The van der Waals surface area contributed by atoms with Gasteiger partial charge in [0.2, 0.25) is 5.15 Å². The van der Waals surface area contributed by atoms with Crippen molar-refractivity contribution in [3.63, 3.8) is 0 Å². The Bertz CT molecular complexity index is 676. The molecule has 0 fully saturated rings. The highest BCUT2D eigenvalue weighted by atomic mass is 35.5. The van der Waals surface area contributed by atoms with Crippen LogP contribution >= 0.6 is 11.6 Å². The number of nitrogens with zero attached hydrogens (tertiary/aromatic N) is 2. The second kappa shape index (κ2) is 5.62. The Morgan fingerprint density at radius 1 is 1.30 bits per heavy atom. The lowest BCUT2D eigenvalue weighted by atomic mass is 10.2. The van der Waals surface area contributed by atoms with Crippen molar-refractivity contribution in [1.82, 2.24) is 4.98 Å². The second-order valence-corrected chi connectivity index (χ2v) is 4.07. The molecule has 1 aromatic heterocycles. The summed E-state index contributed by atoms with van der Waals surface area (Å²) in [6.45, 7) is 0. The van der Waals surface area contributed by atoms with Crippen LogP contribution in [-0.2, 0) is 0 Å². The number of hydrogen-bond donors (Lipinski definition) is 1. The third-order valence-electron chi connectivity index (χ3n) is 2.41. The molecule has 1 heterocycles. The summed E-state index contributed by atoms with van der Waals surface area (Å²) in [5.41, 5.74) is -0.494. The van der Waals surface area contributed by atoms with Gasteiger partial charge in [0, 0.05) is 11.9 Å². The molecule has 20 heavy (non-hydrogen) atoms. The van der Waals surface area contributed by atoms with Crippen LogP contribution in [0.4, 0.5) is 15.8 Å². The van der Waals surface area contributed by atoms with E-state index >= 15 is 0 Å². The van der Waals surface area contributed by atoms with Crippen LogP contribution in [0.1, 0.15) is 10.4 Å². The molecule has 0 unspecified atom stereocenters. The monoisotopic (exact) mass is 295 g/mol. The lowest BCUT2D eigenvalue weighted by Gasteiger charge is -2.06. The summed E-state index contributed by atoms with van der Waals surface area (Å²) in [6, 6.07) is 6.17. The Morgan fingerprint density at radius 3 is 2.55 bits per heavy atom. The van der Waals surface area contributed by atoms with Gasteiger partial charge >= 0.3 is 5.69 Å². The maximum Gasteiger partial charge on any atom is 0.319 e. The van der Waals surface area contributed by atoms with Crippen LogP contribution in [0.2, 0.25) is 5.15 Å². The van der Waals surface area contributed by atoms with Crippen LogP contribution in [0.15, 0.2) is 36.5 Å². The molecule has 0 saturated heterocycles. The molecule has 0 spiro atoms. The molecule has 0 atom stereocenters. The van der Waals surface area contributed by atoms with Gasteiger partial charge in [0.25, 0.3) is 5.91 Å². The van der Waals surface area contributed by atoms with Gasteiger partial charge in [0.05, 0.1) is 4.92 Å². The number of rotatable bonds is 3. The zero-order valence-electron chi connectivity index (χ0n) is 9.84. The van der Waals surface area contributed by atoms with Gasteiger partial charge in [-0.2, -0.15) is 0 Å². The third-order valence-corrected chi connectivity index (χ3v) is 2.69. The summed E-state index contributed by atoms with van der Waals surface area (Å²) in [5, 5.41) is 12.9. The minimum absolute atomic E-state index is 0.223. The quantitative estimate of drug-likeness (QED) is 0.536. The molecular weight excluding hydrogens is 289 g/mol. The molecule has 1 amide bonds. The van der Waals surface area contributed by atoms with Crippen molar-refractivity contribution >= 4 is 28.9 Å². The number of nitro groups is 1. The van der Waals surface area contributed by atoms with Crippen molar-refractivity contribution in [2.75, 3.05) is 5.32 Å². The average molecular weight is 296 g/mol. The normalized spacial score (nSPS) is 10.1.